The van der Waals surface area contributed by atoms with Crippen molar-refractivity contribution >= 4 is 29.1 Å². The number of alkyl halides is 6. The second-order valence-corrected chi connectivity index (χ2v) is 16.1. The Morgan fingerprint density at radius 2 is 1.68 bits per heavy atom. The largest absolute Gasteiger partial charge is 0.493 e. The molecule has 3 atom stereocenters. The molecule has 3 aliphatic rings. The normalized spacial score (nSPS) is 23.1. The van der Waals surface area contributed by atoms with Crippen LogP contribution in [0.1, 0.15) is 76.2 Å². The van der Waals surface area contributed by atoms with Crippen molar-refractivity contribution in [3.63, 3.8) is 0 Å². The molecule has 1 aromatic carbocycles. The van der Waals surface area contributed by atoms with Crippen LogP contribution in [0.2, 0.25) is 0 Å². The minimum Gasteiger partial charge on any atom is -0.493 e. The molecule has 1 unspecified atom stereocenters. The minimum absolute atomic E-state index is 0.00646. The van der Waals surface area contributed by atoms with E-state index in [1.54, 1.807) is 45.0 Å². The Labute approximate surface area is 325 Å². The molecule has 10 nitrogen and oxygen atoms in total. The molecule has 5 rings (SSSR count). The first kappa shape index (κ1) is 42.9. The van der Waals surface area contributed by atoms with Crippen LogP contribution in [0.4, 0.5) is 26.3 Å². The molecule has 308 valence electrons. The zero-order valence-electron chi connectivity index (χ0n) is 31.6. The van der Waals surface area contributed by atoms with Crippen molar-refractivity contribution in [1.29, 1.82) is 0 Å². The molecule has 0 bridgehead atoms. The van der Waals surface area contributed by atoms with Crippen LogP contribution in [0.5, 0.6) is 11.5 Å². The summed E-state index contributed by atoms with van der Waals surface area (Å²) in [6.45, 7) is 4.87. The molecular formula is C39H47F6N3O7S. The average molecular weight is 816 g/mol. The highest BCUT2D eigenvalue weighted by atomic mass is 32.1. The SMILES string of the molecule is CCC[C@H]1N(C(=O)C2C(C(F)(F)F)=CC=CN2C)CCC[C@@]1(Oc1csc(C(F)(F)F)c1)C(=O)N1CCC(O)(c2ccccc2OCCC(C)(C)C(=O)O)CC1. The number of allylic oxidation sites excluding steroid dienone is 2. The van der Waals surface area contributed by atoms with Gasteiger partial charge in [-0.15, -0.1) is 11.3 Å². The van der Waals surface area contributed by atoms with Crippen molar-refractivity contribution in [2.24, 2.45) is 5.41 Å². The van der Waals surface area contributed by atoms with E-state index in [1.165, 1.54) is 29.1 Å². The average Bonchev–Trinajstić information content (AvgIpc) is 3.61. The first-order chi connectivity index (χ1) is 26.1. The lowest BCUT2D eigenvalue weighted by Gasteiger charge is -2.52. The molecule has 4 heterocycles. The van der Waals surface area contributed by atoms with E-state index in [1.807, 2.05) is 0 Å². The second-order valence-electron chi connectivity index (χ2n) is 15.2. The molecule has 0 aliphatic carbocycles. The molecule has 2 saturated heterocycles. The zero-order chi connectivity index (χ0) is 41.3. The van der Waals surface area contributed by atoms with E-state index in [2.05, 4.69) is 0 Å². The van der Waals surface area contributed by atoms with Crippen LogP contribution >= 0.6 is 11.3 Å². The number of halogens is 6. The molecule has 2 amide bonds. The highest BCUT2D eigenvalue weighted by molar-refractivity contribution is 7.10. The summed E-state index contributed by atoms with van der Waals surface area (Å²) in [4.78, 5) is 43.7. The number of para-hydroxylation sites is 1. The topological polar surface area (TPSA) is 120 Å². The smallest absolute Gasteiger partial charge is 0.425 e. The number of nitrogens with zero attached hydrogens (tertiary/aromatic N) is 3. The molecule has 3 aliphatic heterocycles. The maximum atomic E-state index is 15.0. The van der Waals surface area contributed by atoms with Crippen molar-refractivity contribution in [2.75, 3.05) is 33.3 Å². The number of likely N-dealkylation sites (tertiary alicyclic amines) is 2. The van der Waals surface area contributed by atoms with Crippen LogP contribution in [0.25, 0.3) is 0 Å². The highest BCUT2D eigenvalue weighted by Crippen LogP contribution is 2.45. The lowest BCUT2D eigenvalue weighted by molar-refractivity contribution is -0.171. The number of hydrogen-bond acceptors (Lipinski definition) is 8. The first-order valence-electron chi connectivity index (χ1n) is 18.4. The second kappa shape index (κ2) is 16.3. The van der Waals surface area contributed by atoms with Gasteiger partial charge in [-0.25, -0.2) is 0 Å². The lowest BCUT2D eigenvalue weighted by atomic mass is 9.78. The maximum absolute atomic E-state index is 15.0. The number of carboxylic acid groups (broad SMARTS) is 1. The fourth-order valence-electron chi connectivity index (χ4n) is 7.67. The number of ether oxygens (including phenoxy) is 2. The van der Waals surface area contributed by atoms with Crippen LogP contribution in [-0.2, 0) is 26.2 Å². The summed E-state index contributed by atoms with van der Waals surface area (Å²) in [5, 5.41) is 22.6. The van der Waals surface area contributed by atoms with Crippen molar-refractivity contribution in [3.05, 3.63) is 70.1 Å². The summed E-state index contributed by atoms with van der Waals surface area (Å²) < 4.78 is 96.3. The van der Waals surface area contributed by atoms with Crippen molar-refractivity contribution in [2.45, 2.75) is 101 Å². The van der Waals surface area contributed by atoms with Gasteiger partial charge in [-0.1, -0.05) is 37.6 Å². The van der Waals surface area contributed by atoms with Gasteiger partial charge >= 0.3 is 18.3 Å². The van der Waals surface area contributed by atoms with E-state index in [-0.39, 0.29) is 70.5 Å². The lowest BCUT2D eigenvalue weighted by Crippen LogP contribution is -2.70. The van der Waals surface area contributed by atoms with Gasteiger partial charge in [0.1, 0.15) is 22.4 Å². The summed E-state index contributed by atoms with van der Waals surface area (Å²) >= 11 is 0.369. The number of carbonyl (C=O) groups excluding carboxylic acids is 2. The summed E-state index contributed by atoms with van der Waals surface area (Å²) in [6.07, 6.45) is -5.50. The summed E-state index contributed by atoms with van der Waals surface area (Å²) in [7, 11) is 1.34. The number of likely N-dealkylation sites (N-methyl/N-ethyl adjacent to an activating group) is 1. The molecule has 0 spiro atoms. The number of carboxylic acids is 1. The predicted molar refractivity (Wildman–Crippen MR) is 195 cm³/mol. The van der Waals surface area contributed by atoms with E-state index in [0.29, 0.717) is 29.1 Å². The summed E-state index contributed by atoms with van der Waals surface area (Å²) in [5.41, 5.74) is -5.18. The van der Waals surface area contributed by atoms with E-state index in [4.69, 9.17) is 9.47 Å². The van der Waals surface area contributed by atoms with E-state index < -0.39 is 69.3 Å². The molecule has 0 radical (unpaired) electrons. The summed E-state index contributed by atoms with van der Waals surface area (Å²) in [5.74, 6) is -2.48. The predicted octanol–water partition coefficient (Wildman–Crippen LogP) is 7.38. The maximum Gasteiger partial charge on any atom is 0.425 e. The number of aliphatic carboxylic acids is 1. The Balaban J connectivity index is 1.47. The van der Waals surface area contributed by atoms with Gasteiger partial charge in [-0.05, 0) is 64.3 Å². The third kappa shape index (κ3) is 8.82. The van der Waals surface area contributed by atoms with Crippen molar-refractivity contribution in [3.8, 4) is 11.5 Å². The molecule has 2 fully saturated rings. The monoisotopic (exact) mass is 815 g/mol. The molecule has 1 aromatic heterocycles. The van der Waals surface area contributed by atoms with Crippen LogP contribution in [0.3, 0.4) is 0 Å². The minimum atomic E-state index is -4.85. The van der Waals surface area contributed by atoms with Gasteiger partial charge in [0.25, 0.3) is 5.91 Å². The third-order valence-corrected chi connectivity index (χ3v) is 11.9. The molecule has 0 saturated carbocycles. The Morgan fingerprint density at radius 3 is 2.29 bits per heavy atom. The fraction of sp³-hybridized carbons (Fsp3) is 0.564. The number of rotatable bonds is 12. The first-order valence-corrected chi connectivity index (χ1v) is 19.3. The van der Waals surface area contributed by atoms with E-state index in [9.17, 15) is 50.9 Å². The van der Waals surface area contributed by atoms with Crippen molar-refractivity contribution in [1.82, 2.24) is 14.7 Å². The third-order valence-electron chi connectivity index (χ3n) is 10.9. The summed E-state index contributed by atoms with van der Waals surface area (Å²) in [6, 6.07) is 4.59. The van der Waals surface area contributed by atoms with Crippen LogP contribution in [0.15, 0.2) is 59.6 Å². The van der Waals surface area contributed by atoms with Gasteiger partial charge in [0.2, 0.25) is 11.5 Å². The van der Waals surface area contributed by atoms with Gasteiger partial charge in [0, 0.05) is 50.1 Å². The molecule has 56 heavy (non-hydrogen) atoms. The van der Waals surface area contributed by atoms with Gasteiger partial charge in [-0.3, -0.25) is 14.4 Å². The van der Waals surface area contributed by atoms with Crippen LogP contribution in [-0.4, -0.2) is 99.8 Å². The number of thiophene rings is 1. The Morgan fingerprint density at radius 1 is 1.00 bits per heavy atom. The van der Waals surface area contributed by atoms with E-state index >= 15 is 0 Å². The molecular weight excluding hydrogens is 768 g/mol. The molecule has 2 N–H and O–H groups in total. The highest BCUT2D eigenvalue weighted by Gasteiger charge is 2.58. The molecule has 17 heteroatoms. The van der Waals surface area contributed by atoms with Crippen LogP contribution in [0, 0.1) is 5.41 Å². The Kier molecular flexibility index (Phi) is 12.5. The number of piperidine rings is 2. The quantitative estimate of drug-likeness (QED) is 0.213. The standard InChI is InChI=1S/C39H47F6N3O7S/c1-5-10-29-37(55-25-23-30(56-24-25)39(43,44)45,14-9-19-48(29)32(49)31-27(38(40,41)42)12-8-18-46(31)4)33(50)47-20-15-36(53,16-21-47)26-11-6-7-13-28(26)54-22-17-35(2,3)34(51)52/h6-8,11-13,18,23-24,29,31,53H,5,9-10,14-17,19-22H2,1-4H3,(H,51,52)/t29-,31?,37+/m1/s1. The fourth-order valence-corrected chi connectivity index (χ4v) is 8.34. The van der Waals surface area contributed by atoms with Crippen LogP contribution < -0.4 is 9.47 Å². The number of aliphatic hydroxyl groups is 1. The number of hydrogen-bond donors (Lipinski definition) is 2. The number of benzene rings is 1. The Bertz CT molecular complexity index is 1820. The molecule has 2 aromatic rings. The van der Waals surface area contributed by atoms with Gasteiger partial charge in [-0.2, -0.15) is 26.3 Å². The van der Waals surface area contributed by atoms with Gasteiger partial charge < -0.3 is 34.4 Å². The number of carbonyl (C=O) groups is 3. The number of amides is 2. The van der Waals surface area contributed by atoms with Crippen molar-refractivity contribution < 1.29 is 60.4 Å². The zero-order valence-corrected chi connectivity index (χ0v) is 32.4. The van der Waals surface area contributed by atoms with E-state index in [0.717, 1.165) is 22.4 Å². The van der Waals surface area contributed by atoms with Gasteiger partial charge in [0.05, 0.1) is 29.2 Å². The Hall–Kier alpha value is -4.25. The van der Waals surface area contributed by atoms with Gasteiger partial charge in [0.15, 0.2) is 0 Å².